The molecule has 6 fully saturated rings. The fourth-order valence-corrected chi connectivity index (χ4v) is 11.7. The zero-order valence-corrected chi connectivity index (χ0v) is 23.4. The van der Waals surface area contributed by atoms with E-state index in [0.717, 1.165) is 26.2 Å². The molecule has 8 atom stereocenters. The van der Waals surface area contributed by atoms with E-state index in [2.05, 4.69) is 79.3 Å². The van der Waals surface area contributed by atoms with E-state index in [9.17, 15) is 0 Å². The largest absolute Gasteiger partial charge is 0.370 e. The topological polar surface area (TPSA) is 49.9 Å². The van der Waals surface area contributed by atoms with Crippen LogP contribution in [0.25, 0.3) is 0 Å². The van der Waals surface area contributed by atoms with Gasteiger partial charge in [-0.15, -0.1) is 0 Å². The Hall–Kier alpha value is -1.34. The number of hydrogen-bond acceptors (Lipinski definition) is 8. The molecular weight excluding hydrogens is 518 g/mol. The van der Waals surface area contributed by atoms with Gasteiger partial charge in [-0.05, 0) is 49.9 Å². The third-order valence-corrected chi connectivity index (χ3v) is 13.3. The molecule has 0 amide bonds. The molecule has 6 heterocycles. The molecule has 6 aliphatic rings. The van der Waals surface area contributed by atoms with Crippen molar-refractivity contribution in [3.63, 3.8) is 0 Å². The Kier molecular flexibility index (Phi) is 6.59. The first-order valence-corrected chi connectivity index (χ1v) is 16.5. The predicted molar refractivity (Wildman–Crippen MR) is 150 cm³/mol. The first-order valence-electron chi connectivity index (χ1n) is 14.2. The van der Waals surface area contributed by atoms with Crippen molar-refractivity contribution in [1.82, 2.24) is 9.34 Å². The van der Waals surface area contributed by atoms with E-state index < -0.39 is 16.9 Å². The zero-order chi connectivity index (χ0) is 25.1. The average Bonchev–Trinajstić information content (AvgIpc) is 3.78. The highest BCUT2D eigenvalue weighted by atomic mass is 31.2. The van der Waals surface area contributed by atoms with Gasteiger partial charge < -0.3 is 27.9 Å². The second-order valence-electron chi connectivity index (χ2n) is 11.1. The van der Waals surface area contributed by atoms with Crippen LogP contribution in [-0.4, -0.2) is 85.2 Å². The second-order valence-corrected chi connectivity index (χ2v) is 14.6. The Labute approximate surface area is 227 Å². The molecule has 8 nitrogen and oxygen atoms in total. The number of benzene rings is 2. The number of ether oxygens (including phenoxy) is 2. The summed E-state index contributed by atoms with van der Waals surface area (Å²) < 4.78 is 36.9. The highest BCUT2D eigenvalue weighted by Crippen LogP contribution is 2.60. The Bertz CT molecular complexity index is 1030. The highest BCUT2D eigenvalue weighted by Gasteiger charge is 2.55. The molecule has 38 heavy (non-hydrogen) atoms. The van der Waals surface area contributed by atoms with Crippen molar-refractivity contribution < 1.29 is 18.5 Å². The number of anilines is 2. The molecule has 0 radical (unpaired) electrons. The summed E-state index contributed by atoms with van der Waals surface area (Å²) in [7, 11) is -1.76. The van der Waals surface area contributed by atoms with Gasteiger partial charge in [0.1, 0.15) is 24.4 Å². The average molecular weight is 555 g/mol. The van der Waals surface area contributed by atoms with Gasteiger partial charge in [-0.25, -0.2) is 9.34 Å². The monoisotopic (exact) mass is 554 g/mol. The molecule has 6 saturated heterocycles. The summed E-state index contributed by atoms with van der Waals surface area (Å²) >= 11 is 0. The molecule has 0 spiro atoms. The van der Waals surface area contributed by atoms with Gasteiger partial charge in [0.25, 0.3) is 0 Å². The molecule has 0 bridgehead atoms. The van der Waals surface area contributed by atoms with E-state index in [-0.39, 0.29) is 24.4 Å². The summed E-state index contributed by atoms with van der Waals surface area (Å²) in [4.78, 5) is 0. The van der Waals surface area contributed by atoms with Crippen LogP contribution >= 0.6 is 16.9 Å². The van der Waals surface area contributed by atoms with E-state index in [1.165, 1.54) is 37.1 Å². The van der Waals surface area contributed by atoms with Gasteiger partial charge in [0.15, 0.2) is 0 Å². The third-order valence-electron chi connectivity index (χ3n) is 8.84. The molecule has 0 saturated carbocycles. The van der Waals surface area contributed by atoms with E-state index in [4.69, 9.17) is 18.5 Å². The lowest BCUT2D eigenvalue weighted by Crippen LogP contribution is -2.35. The van der Waals surface area contributed by atoms with Gasteiger partial charge in [-0.2, -0.15) is 0 Å². The van der Waals surface area contributed by atoms with E-state index in [0.29, 0.717) is 25.3 Å². The van der Waals surface area contributed by atoms with Crippen LogP contribution in [0.5, 0.6) is 0 Å². The Morgan fingerprint density at radius 1 is 0.632 bits per heavy atom. The molecule has 202 valence electrons. The summed E-state index contributed by atoms with van der Waals surface area (Å²) in [6, 6.07) is 22.7. The maximum Gasteiger partial charge on any atom is 0.218 e. The molecule has 0 aromatic heterocycles. The van der Waals surface area contributed by atoms with Crippen LogP contribution in [-0.2, 0) is 18.5 Å². The molecule has 10 heteroatoms. The number of rotatable bonds is 6. The summed E-state index contributed by atoms with van der Waals surface area (Å²) in [6.07, 6.45) is 4.76. The van der Waals surface area contributed by atoms with Crippen LogP contribution in [0.4, 0.5) is 11.4 Å². The van der Waals surface area contributed by atoms with E-state index in [1.807, 2.05) is 0 Å². The highest BCUT2D eigenvalue weighted by molar-refractivity contribution is 7.52. The van der Waals surface area contributed by atoms with Crippen molar-refractivity contribution in [3.05, 3.63) is 60.7 Å². The lowest BCUT2D eigenvalue weighted by molar-refractivity contribution is 0.0214. The normalized spacial score (nSPS) is 38.7. The third kappa shape index (κ3) is 4.20. The van der Waals surface area contributed by atoms with Crippen LogP contribution < -0.4 is 9.34 Å². The van der Waals surface area contributed by atoms with Gasteiger partial charge in [0.05, 0.1) is 13.2 Å². The van der Waals surface area contributed by atoms with Crippen LogP contribution in [0.2, 0.25) is 0 Å². The minimum Gasteiger partial charge on any atom is -0.370 e. The Morgan fingerprint density at radius 3 is 1.53 bits per heavy atom. The molecule has 2 aromatic carbocycles. The second kappa shape index (κ2) is 10.2. The Balaban J connectivity index is 0.978. The molecule has 2 aromatic rings. The number of para-hydroxylation sites is 2. The lowest BCUT2D eigenvalue weighted by Gasteiger charge is -2.32. The minimum absolute atomic E-state index is 0.0635. The molecule has 0 N–H and O–H groups in total. The minimum atomic E-state index is -0.879. The summed E-state index contributed by atoms with van der Waals surface area (Å²) in [5.74, 6) is 0. The molecule has 0 aliphatic carbocycles. The summed E-state index contributed by atoms with van der Waals surface area (Å²) in [5.41, 5.74) is 2.50. The summed E-state index contributed by atoms with van der Waals surface area (Å²) in [5, 5.41) is 0. The predicted octanol–water partition coefficient (Wildman–Crippen LogP) is 4.98. The summed E-state index contributed by atoms with van der Waals surface area (Å²) in [6.45, 7) is 5.46. The molecular formula is C28H36N4O4P2. The van der Waals surface area contributed by atoms with Crippen LogP contribution in [0.1, 0.15) is 25.7 Å². The van der Waals surface area contributed by atoms with Crippen molar-refractivity contribution in [1.29, 1.82) is 0 Å². The van der Waals surface area contributed by atoms with Gasteiger partial charge in [0.2, 0.25) is 16.9 Å². The molecule has 0 unspecified atom stereocenters. The maximum absolute atomic E-state index is 6.94. The smallest absolute Gasteiger partial charge is 0.218 e. The van der Waals surface area contributed by atoms with Gasteiger partial charge >= 0.3 is 0 Å². The Morgan fingerprint density at radius 2 is 1.08 bits per heavy atom. The molecule has 8 rings (SSSR count). The molecule has 6 aliphatic heterocycles. The van der Waals surface area contributed by atoms with Crippen molar-refractivity contribution in [3.8, 4) is 0 Å². The first kappa shape index (κ1) is 24.5. The standard InChI is InChI=1S/C28H36N4O4P2/c1-3-9-21(10-4-1)31-17-23-13-7-15-29(23)37(31)35-25-19-33-28-26(20-34-27(25)28)36-38-30-16-8-14-24(30)18-32(38)22-11-5-2-6-12-22/h1-6,9-12,23-28H,7-8,13-20H2/t23-,24-,25+,26+,27+,28+,37-,38+/m0/s1. The lowest BCUT2D eigenvalue weighted by atomic mass is 10.1. The number of nitrogens with zero attached hydrogens (tertiary/aromatic N) is 4. The fraction of sp³-hybridized carbons (Fsp3) is 0.571. The van der Waals surface area contributed by atoms with Gasteiger partial charge in [0, 0.05) is 49.6 Å². The van der Waals surface area contributed by atoms with Crippen molar-refractivity contribution in [2.24, 2.45) is 0 Å². The van der Waals surface area contributed by atoms with Crippen LogP contribution in [0, 0.1) is 0 Å². The SMILES string of the molecule is c1ccc(N2C[C@@H]3CCCN3[P@]2O[C@@H]2CO[C@H]3[C@@H]2OC[C@H]3O[P@@]2N(c3ccccc3)C[C@@H]3CCCN32)cc1. The van der Waals surface area contributed by atoms with Crippen molar-refractivity contribution >= 4 is 28.3 Å². The van der Waals surface area contributed by atoms with Crippen molar-refractivity contribution in [2.45, 2.75) is 62.2 Å². The number of hydrogen-bond donors (Lipinski definition) is 0. The fourth-order valence-electron chi connectivity index (χ4n) is 6.97. The van der Waals surface area contributed by atoms with Crippen molar-refractivity contribution in [2.75, 3.05) is 48.7 Å². The van der Waals surface area contributed by atoms with E-state index in [1.54, 1.807) is 0 Å². The van der Waals surface area contributed by atoms with Crippen LogP contribution in [0.3, 0.4) is 0 Å². The zero-order valence-electron chi connectivity index (χ0n) is 21.6. The maximum atomic E-state index is 6.94. The van der Waals surface area contributed by atoms with Crippen LogP contribution in [0.15, 0.2) is 60.7 Å². The number of fused-ring (bicyclic) bond motifs is 3. The van der Waals surface area contributed by atoms with Gasteiger partial charge in [-0.1, -0.05) is 36.4 Å². The van der Waals surface area contributed by atoms with Gasteiger partial charge in [-0.3, -0.25) is 0 Å². The quantitative estimate of drug-likeness (QED) is 0.464. The first-order chi connectivity index (χ1) is 18.8. The van der Waals surface area contributed by atoms with E-state index >= 15 is 0 Å².